The quantitative estimate of drug-likeness (QED) is 0.0326. The van der Waals surface area contributed by atoms with E-state index in [1.54, 1.807) is 6.08 Å². The zero-order valence-electron chi connectivity index (χ0n) is 34.5. The molecule has 19 heteroatoms. The Hall–Kier alpha value is -1.47. The summed E-state index contributed by atoms with van der Waals surface area (Å²) in [5.41, 5.74) is 0. The number of hydrogen-bond donors (Lipinski definition) is 12. The summed E-state index contributed by atoms with van der Waals surface area (Å²) < 4.78 is 33.8. The molecule has 0 aliphatic carbocycles. The minimum atomic E-state index is -1.97. The maximum atomic E-state index is 12.9. The summed E-state index contributed by atoms with van der Waals surface area (Å²) in [6.45, 7) is 1.51. The average Bonchev–Trinajstić information content (AvgIpc) is 3.23. The van der Waals surface area contributed by atoms with Gasteiger partial charge in [-0.3, -0.25) is 4.79 Å². The van der Waals surface area contributed by atoms with E-state index < -0.39 is 124 Å². The lowest BCUT2D eigenvalue weighted by atomic mass is 9.96. The molecular formula is C40H73NO18. The highest BCUT2D eigenvalue weighted by Gasteiger charge is 2.53. The van der Waals surface area contributed by atoms with Gasteiger partial charge >= 0.3 is 0 Å². The Labute approximate surface area is 346 Å². The van der Waals surface area contributed by atoms with Crippen LogP contribution in [0, 0.1) is 0 Å². The van der Waals surface area contributed by atoms with Gasteiger partial charge in [0.25, 0.3) is 0 Å². The number of aliphatic hydroxyl groups is 11. The van der Waals surface area contributed by atoms with Crippen LogP contribution in [0.3, 0.4) is 0 Å². The lowest BCUT2D eigenvalue weighted by Gasteiger charge is -2.48. The van der Waals surface area contributed by atoms with Crippen molar-refractivity contribution in [2.75, 3.05) is 26.4 Å². The predicted octanol–water partition coefficient (Wildman–Crippen LogP) is -1.65. The summed E-state index contributed by atoms with van der Waals surface area (Å²) in [5, 5.41) is 119. The van der Waals surface area contributed by atoms with Crippen molar-refractivity contribution in [2.24, 2.45) is 0 Å². The van der Waals surface area contributed by atoms with Gasteiger partial charge in [-0.15, -0.1) is 0 Å². The summed E-state index contributed by atoms with van der Waals surface area (Å²) in [6.07, 6.45) is -9.66. The highest BCUT2D eigenvalue weighted by Crippen LogP contribution is 2.33. The molecular weight excluding hydrogens is 782 g/mol. The van der Waals surface area contributed by atoms with Crippen molar-refractivity contribution in [3.8, 4) is 0 Å². The molecule has 3 rings (SSSR count). The maximum absolute atomic E-state index is 12.9. The molecule has 3 saturated heterocycles. The van der Waals surface area contributed by atoms with Crippen LogP contribution in [0.15, 0.2) is 12.2 Å². The molecule has 3 heterocycles. The van der Waals surface area contributed by atoms with Crippen LogP contribution in [-0.2, 0) is 33.2 Å². The van der Waals surface area contributed by atoms with Gasteiger partial charge in [-0.25, -0.2) is 0 Å². The number of hydrogen-bond acceptors (Lipinski definition) is 18. The first kappa shape index (κ1) is 51.9. The average molecular weight is 856 g/mol. The third-order valence-corrected chi connectivity index (χ3v) is 11.1. The van der Waals surface area contributed by atoms with Crippen LogP contribution in [0.25, 0.3) is 0 Å². The van der Waals surface area contributed by atoms with Gasteiger partial charge in [0, 0.05) is 6.42 Å². The Balaban J connectivity index is 1.63. The van der Waals surface area contributed by atoms with Crippen molar-refractivity contribution in [1.29, 1.82) is 0 Å². The number of ether oxygens (including phenoxy) is 6. The van der Waals surface area contributed by atoms with Crippen LogP contribution in [-0.4, -0.2) is 193 Å². The van der Waals surface area contributed by atoms with E-state index in [-0.39, 0.29) is 18.9 Å². The van der Waals surface area contributed by atoms with Gasteiger partial charge in [-0.1, -0.05) is 90.2 Å². The number of allylic oxidation sites excluding steroid dienone is 1. The number of rotatable bonds is 27. The van der Waals surface area contributed by atoms with Gasteiger partial charge < -0.3 is 89.9 Å². The van der Waals surface area contributed by atoms with Crippen molar-refractivity contribution in [3.63, 3.8) is 0 Å². The topological polar surface area (TPSA) is 307 Å². The van der Waals surface area contributed by atoms with Crippen molar-refractivity contribution >= 4 is 5.91 Å². The van der Waals surface area contributed by atoms with Crippen molar-refractivity contribution in [1.82, 2.24) is 5.32 Å². The second-order valence-corrected chi connectivity index (χ2v) is 15.8. The van der Waals surface area contributed by atoms with E-state index in [2.05, 4.69) is 19.2 Å². The first-order chi connectivity index (χ1) is 28.3. The van der Waals surface area contributed by atoms with Crippen molar-refractivity contribution in [2.45, 2.75) is 208 Å². The fourth-order valence-corrected chi connectivity index (χ4v) is 7.36. The molecule has 0 aromatic rings. The van der Waals surface area contributed by atoms with E-state index in [0.29, 0.717) is 6.42 Å². The van der Waals surface area contributed by atoms with Crippen LogP contribution >= 0.6 is 0 Å². The fourth-order valence-electron chi connectivity index (χ4n) is 7.36. The van der Waals surface area contributed by atoms with Crippen LogP contribution in [0.5, 0.6) is 0 Å². The number of unbranched alkanes of at least 4 members (excludes halogenated alkanes) is 11. The standard InChI is InChI=1S/C40H73NO18/c1-3-5-7-9-10-11-12-14-15-17-24(45)23(41-28(46)18-16-13-8-6-4-2)22-54-38-34(52)31(49)36(26(20-43)56-38)59-40-35(53)32(50)37(27(21-44)57-40)58-39-33(51)30(48)29(47)25(19-42)55-39/h15,17,23-27,29-40,42-45,47-53H,3-14,16,18-22H2,1-2H3,(H,41,46)/b17-15+. The van der Waals surface area contributed by atoms with Gasteiger partial charge in [-0.2, -0.15) is 0 Å². The van der Waals surface area contributed by atoms with Crippen LogP contribution in [0.2, 0.25) is 0 Å². The minimum absolute atomic E-state index is 0.239. The maximum Gasteiger partial charge on any atom is 0.220 e. The van der Waals surface area contributed by atoms with Gasteiger partial charge in [-0.05, 0) is 19.3 Å². The van der Waals surface area contributed by atoms with Crippen LogP contribution < -0.4 is 5.32 Å². The number of nitrogens with one attached hydrogen (secondary N) is 1. The van der Waals surface area contributed by atoms with Gasteiger partial charge in [0.15, 0.2) is 18.9 Å². The molecule has 346 valence electrons. The molecule has 0 saturated carbocycles. The molecule has 12 N–H and O–H groups in total. The Kier molecular flexibility index (Phi) is 24.2. The van der Waals surface area contributed by atoms with Gasteiger partial charge in [0.05, 0.1) is 38.6 Å². The van der Waals surface area contributed by atoms with E-state index in [1.165, 1.54) is 25.7 Å². The smallest absolute Gasteiger partial charge is 0.220 e. The number of carbonyl (C=O) groups is 1. The van der Waals surface area contributed by atoms with E-state index in [4.69, 9.17) is 28.4 Å². The van der Waals surface area contributed by atoms with E-state index in [9.17, 15) is 61.0 Å². The molecule has 3 aliphatic heterocycles. The summed E-state index contributed by atoms with van der Waals surface area (Å²) in [5.74, 6) is -0.295. The van der Waals surface area contributed by atoms with Crippen LogP contribution in [0.4, 0.5) is 0 Å². The number of carbonyl (C=O) groups excluding carboxylic acids is 1. The second kappa shape index (κ2) is 27.6. The van der Waals surface area contributed by atoms with E-state index >= 15 is 0 Å². The Bertz CT molecular complexity index is 1170. The predicted molar refractivity (Wildman–Crippen MR) is 208 cm³/mol. The molecule has 0 aromatic heterocycles. The molecule has 0 aromatic carbocycles. The summed E-state index contributed by atoms with van der Waals surface area (Å²) in [7, 11) is 0. The number of aliphatic hydroxyl groups excluding tert-OH is 11. The highest BCUT2D eigenvalue weighted by molar-refractivity contribution is 5.76. The number of amides is 1. The summed E-state index contributed by atoms with van der Waals surface area (Å²) in [4.78, 5) is 12.9. The Morgan fingerprint density at radius 1 is 0.593 bits per heavy atom. The fraction of sp³-hybridized carbons (Fsp3) is 0.925. The lowest BCUT2D eigenvalue weighted by molar-refractivity contribution is -0.379. The SMILES string of the molecule is CCCCCCCCC/C=C/C(O)C(COC1OC(CO)C(OC2OC(CO)C(OC3OC(CO)C(O)C(O)C3O)C(O)C2O)C(O)C1O)NC(=O)CCCCCCC. The molecule has 17 atom stereocenters. The first-order valence-electron chi connectivity index (χ1n) is 21.4. The summed E-state index contributed by atoms with van der Waals surface area (Å²) in [6, 6.07) is -0.959. The Morgan fingerprint density at radius 2 is 1.05 bits per heavy atom. The van der Waals surface area contributed by atoms with E-state index in [1.807, 2.05) is 6.08 Å². The molecule has 0 bridgehead atoms. The normalized spacial score (nSPS) is 36.5. The molecule has 19 nitrogen and oxygen atoms in total. The zero-order valence-corrected chi connectivity index (χ0v) is 34.5. The molecule has 3 aliphatic rings. The largest absolute Gasteiger partial charge is 0.394 e. The first-order valence-corrected chi connectivity index (χ1v) is 21.4. The lowest BCUT2D eigenvalue weighted by Crippen LogP contribution is -2.66. The molecule has 0 spiro atoms. The molecule has 0 radical (unpaired) electrons. The van der Waals surface area contributed by atoms with Gasteiger partial charge in [0.1, 0.15) is 73.2 Å². The van der Waals surface area contributed by atoms with E-state index in [0.717, 1.165) is 51.4 Å². The zero-order chi connectivity index (χ0) is 43.5. The molecule has 59 heavy (non-hydrogen) atoms. The third kappa shape index (κ3) is 15.7. The molecule has 3 fully saturated rings. The monoisotopic (exact) mass is 855 g/mol. The highest BCUT2D eigenvalue weighted by atomic mass is 16.8. The van der Waals surface area contributed by atoms with Crippen molar-refractivity contribution < 1.29 is 89.4 Å². The summed E-state index contributed by atoms with van der Waals surface area (Å²) >= 11 is 0. The van der Waals surface area contributed by atoms with Crippen LogP contribution in [0.1, 0.15) is 104 Å². The molecule has 1 amide bonds. The third-order valence-electron chi connectivity index (χ3n) is 11.1. The Morgan fingerprint density at radius 3 is 1.59 bits per heavy atom. The second-order valence-electron chi connectivity index (χ2n) is 15.8. The van der Waals surface area contributed by atoms with Gasteiger partial charge in [0.2, 0.25) is 5.91 Å². The molecule has 17 unspecified atom stereocenters. The minimum Gasteiger partial charge on any atom is -0.394 e. The van der Waals surface area contributed by atoms with Crippen molar-refractivity contribution in [3.05, 3.63) is 12.2 Å².